The second-order valence-corrected chi connectivity index (χ2v) is 9.06. The topological polar surface area (TPSA) is 68.3 Å². The highest BCUT2D eigenvalue weighted by Crippen LogP contribution is 2.22. The summed E-state index contributed by atoms with van der Waals surface area (Å²) in [6, 6.07) is 11.9. The third-order valence-electron chi connectivity index (χ3n) is 2.93. The highest BCUT2D eigenvalue weighted by Gasteiger charge is 2.17. The summed E-state index contributed by atoms with van der Waals surface area (Å²) in [6.45, 7) is 0. The van der Waals surface area contributed by atoms with Gasteiger partial charge in [-0.3, -0.25) is 8.42 Å². The molecule has 7 heteroatoms. The van der Waals surface area contributed by atoms with E-state index in [0.29, 0.717) is 9.79 Å². The lowest BCUT2D eigenvalue weighted by Gasteiger charge is -2.06. The summed E-state index contributed by atoms with van der Waals surface area (Å²) in [6.07, 6.45) is 3.07. The lowest BCUT2D eigenvalue weighted by Crippen LogP contribution is -2.02. The van der Waals surface area contributed by atoms with Crippen molar-refractivity contribution in [2.75, 3.05) is 12.5 Å². The highest BCUT2D eigenvalue weighted by atomic mass is 32.2. The van der Waals surface area contributed by atoms with Gasteiger partial charge in [0.2, 0.25) is 9.84 Å². The molecule has 4 nitrogen and oxygen atoms in total. The first-order valence-corrected chi connectivity index (χ1v) is 10.5. The van der Waals surface area contributed by atoms with E-state index in [2.05, 4.69) is 0 Å². The first kappa shape index (κ1) is 16.1. The van der Waals surface area contributed by atoms with Crippen molar-refractivity contribution in [2.45, 2.75) is 19.6 Å². The van der Waals surface area contributed by atoms with E-state index in [1.165, 1.54) is 36.8 Å². The van der Waals surface area contributed by atoms with Crippen LogP contribution in [0.4, 0.5) is 0 Å². The van der Waals surface area contributed by atoms with Crippen LogP contribution in [0, 0.1) is 0 Å². The average molecular weight is 342 g/mol. The van der Waals surface area contributed by atoms with Crippen LogP contribution in [0.2, 0.25) is 0 Å². The number of benzene rings is 2. The standard InChI is InChI=1S/C14H14O4S3/c1-19(15)11-3-7-13(8-4-11)21(17,18)14-9-5-12(6-10-14)20(2)16/h3-10H,1-2H3. The van der Waals surface area contributed by atoms with Crippen molar-refractivity contribution in [3.63, 3.8) is 0 Å². The van der Waals surface area contributed by atoms with Gasteiger partial charge in [-0.1, -0.05) is 0 Å². The normalized spacial score (nSPS) is 14.6. The van der Waals surface area contributed by atoms with E-state index in [4.69, 9.17) is 0 Å². The van der Waals surface area contributed by atoms with Crippen molar-refractivity contribution in [1.29, 1.82) is 0 Å². The van der Waals surface area contributed by atoms with E-state index in [-0.39, 0.29) is 9.79 Å². The van der Waals surface area contributed by atoms with Gasteiger partial charge in [-0.2, -0.15) is 0 Å². The van der Waals surface area contributed by atoms with E-state index in [0.717, 1.165) is 0 Å². The molecule has 0 spiro atoms. The molecule has 0 saturated carbocycles. The van der Waals surface area contributed by atoms with Gasteiger partial charge in [-0.25, -0.2) is 8.42 Å². The van der Waals surface area contributed by atoms with Crippen LogP contribution in [0.5, 0.6) is 0 Å². The fourth-order valence-electron chi connectivity index (χ4n) is 1.76. The fraction of sp³-hybridized carbons (Fsp3) is 0.143. The Labute approximate surface area is 129 Å². The zero-order valence-corrected chi connectivity index (χ0v) is 13.9. The Morgan fingerprint density at radius 1 is 0.667 bits per heavy atom. The van der Waals surface area contributed by atoms with Crippen LogP contribution in [-0.4, -0.2) is 29.3 Å². The summed E-state index contributed by atoms with van der Waals surface area (Å²) in [5.41, 5.74) is 0. The van der Waals surface area contributed by atoms with Gasteiger partial charge in [-0.15, -0.1) is 0 Å². The van der Waals surface area contributed by atoms with E-state index in [1.807, 2.05) is 0 Å². The number of sulfone groups is 1. The number of hydrogen-bond acceptors (Lipinski definition) is 4. The summed E-state index contributed by atoms with van der Waals surface area (Å²) in [5.74, 6) is 0. The van der Waals surface area contributed by atoms with Crippen LogP contribution >= 0.6 is 0 Å². The van der Waals surface area contributed by atoms with Crippen LogP contribution in [0.3, 0.4) is 0 Å². The van der Waals surface area contributed by atoms with Crippen LogP contribution in [0.1, 0.15) is 0 Å². The SMILES string of the molecule is CS(=O)c1ccc(S(=O)(=O)c2ccc(S(C)=O)cc2)cc1. The van der Waals surface area contributed by atoms with Crippen molar-refractivity contribution >= 4 is 31.4 Å². The average Bonchev–Trinajstić information content (AvgIpc) is 2.47. The zero-order valence-electron chi connectivity index (χ0n) is 11.5. The molecule has 2 atom stereocenters. The Morgan fingerprint density at radius 2 is 0.952 bits per heavy atom. The lowest BCUT2D eigenvalue weighted by atomic mass is 10.4. The molecule has 0 aliphatic rings. The maximum atomic E-state index is 12.4. The number of rotatable bonds is 4. The first-order chi connectivity index (χ1) is 9.82. The van der Waals surface area contributed by atoms with Crippen LogP contribution in [-0.2, 0) is 31.4 Å². The smallest absolute Gasteiger partial charge is 0.206 e. The highest BCUT2D eigenvalue weighted by molar-refractivity contribution is 7.91. The third kappa shape index (κ3) is 3.48. The third-order valence-corrected chi connectivity index (χ3v) is 6.59. The fourth-order valence-corrected chi connectivity index (χ4v) is 4.06. The van der Waals surface area contributed by atoms with Crippen molar-refractivity contribution in [1.82, 2.24) is 0 Å². The van der Waals surface area contributed by atoms with Crippen molar-refractivity contribution in [3.8, 4) is 0 Å². The van der Waals surface area contributed by atoms with Crippen molar-refractivity contribution < 1.29 is 16.8 Å². The maximum absolute atomic E-state index is 12.4. The lowest BCUT2D eigenvalue weighted by molar-refractivity contribution is 0.596. The molecular weight excluding hydrogens is 328 g/mol. The molecular formula is C14H14O4S3. The molecule has 0 N–H and O–H groups in total. The molecule has 0 aliphatic carbocycles. The Hall–Kier alpha value is -1.31. The Morgan fingerprint density at radius 3 is 1.19 bits per heavy atom. The quantitative estimate of drug-likeness (QED) is 0.852. The van der Waals surface area contributed by atoms with E-state index >= 15 is 0 Å². The Kier molecular flexibility index (Phi) is 4.75. The van der Waals surface area contributed by atoms with Crippen LogP contribution < -0.4 is 0 Å². The van der Waals surface area contributed by atoms with Gasteiger partial charge in [0.15, 0.2) is 0 Å². The second-order valence-electron chi connectivity index (χ2n) is 4.35. The van der Waals surface area contributed by atoms with Gasteiger partial charge in [0.1, 0.15) is 0 Å². The molecule has 2 rings (SSSR count). The largest absolute Gasteiger partial charge is 0.255 e. The molecule has 112 valence electrons. The molecule has 0 amide bonds. The molecule has 0 saturated heterocycles. The molecule has 0 bridgehead atoms. The minimum absolute atomic E-state index is 0.141. The van der Waals surface area contributed by atoms with E-state index in [1.54, 1.807) is 24.3 Å². The summed E-state index contributed by atoms with van der Waals surface area (Å²) in [5, 5.41) is 0. The molecule has 2 aromatic carbocycles. The predicted octanol–water partition coefficient (Wildman–Crippen LogP) is 1.99. The van der Waals surface area contributed by atoms with Gasteiger partial charge in [0, 0.05) is 43.9 Å². The molecule has 2 unspecified atom stereocenters. The van der Waals surface area contributed by atoms with Gasteiger partial charge in [-0.05, 0) is 48.5 Å². The van der Waals surface area contributed by atoms with Crippen molar-refractivity contribution in [2.24, 2.45) is 0 Å². The van der Waals surface area contributed by atoms with E-state index < -0.39 is 31.4 Å². The Balaban J connectivity index is 2.41. The van der Waals surface area contributed by atoms with Crippen LogP contribution in [0.25, 0.3) is 0 Å². The van der Waals surface area contributed by atoms with Gasteiger partial charge >= 0.3 is 0 Å². The summed E-state index contributed by atoms with van der Waals surface area (Å²) < 4.78 is 47.5. The molecule has 0 aromatic heterocycles. The molecule has 21 heavy (non-hydrogen) atoms. The summed E-state index contributed by atoms with van der Waals surface area (Å²) in [4.78, 5) is 1.43. The minimum atomic E-state index is -3.62. The monoisotopic (exact) mass is 342 g/mol. The van der Waals surface area contributed by atoms with E-state index in [9.17, 15) is 16.8 Å². The predicted molar refractivity (Wildman–Crippen MR) is 83.0 cm³/mol. The summed E-state index contributed by atoms with van der Waals surface area (Å²) in [7, 11) is -5.91. The minimum Gasteiger partial charge on any atom is -0.255 e. The second kappa shape index (κ2) is 6.21. The number of hydrogen-bond donors (Lipinski definition) is 0. The summed E-state index contributed by atoms with van der Waals surface area (Å²) >= 11 is 0. The van der Waals surface area contributed by atoms with Crippen LogP contribution in [0.15, 0.2) is 68.1 Å². The maximum Gasteiger partial charge on any atom is 0.206 e. The molecule has 0 fully saturated rings. The first-order valence-electron chi connectivity index (χ1n) is 5.94. The van der Waals surface area contributed by atoms with Crippen molar-refractivity contribution in [3.05, 3.63) is 48.5 Å². The van der Waals surface area contributed by atoms with Gasteiger partial charge in [0.25, 0.3) is 0 Å². The molecule has 0 radical (unpaired) electrons. The molecule has 0 aliphatic heterocycles. The van der Waals surface area contributed by atoms with Gasteiger partial charge < -0.3 is 0 Å². The Bertz CT molecular complexity index is 728. The molecule has 0 heterocycles. The van der Waals surface area contributed by atoms with Gasteiger partial charge in [0.05, 0.1) is 9.79 Å². The molecule has 2 aromatic rings. The zero-order chi connectivity index (χ0) is 15.6.